The Bertz CT molecular complexity index is 461. The van der Waals surface area contributed by atoms with Crippen molar-refractivity contribution in [2.24, 2.45) is 0 Å². The molecule has 19 heavy (non-hydrogen) atoms. The van der Waals surface area contributed by atoms with Gasteiger partial charge in [-0.05, 0) is 33.0 Å². The van der Waals surface area contributed by atoms with E-state index in [1.54, 1.807) is 6.92 Å². The second kappa shape index (κ2) is 5.72. The van der Waals surface area contributed by atoms with Crippen LogP contribution in [0.15, 0.2) is 24.3 Å². The average Bonchev–Trinajstić information content (AvgIpc) is 2.41. The van der Waals surface area contributed by atoms with E-state index >= 15 is 0 Å². The normalized spacial score (nSPS) is 24.5. The Balaban J connectivity index is 2.28. The molecule has 2 unspecified atom stereocenters. The molecule has 0 saturated carbocycles. The lowest BCUT2D eigenvalue weighted by Gasteiger charge is -2.44. The second-order valence-corrected chi connectivity index (χ2v) is 5.38. The molecule has 1 N–H and O–H groups in total. The van der Waals surface area contributed by atoms with Gasteiger partial charge in [0.1, 0.15) is 0 Å². The maximum Gasteiger partial charge on any atom is 0.159 e. The molecule has 1 aromatic rings. The topological polar surface area (TPSA) is 43.8 Å². The van der Waals surface area contributed by atoms with Gasteiger partial charge < -0.3 is 10.0 Å². The number of nitrogens with zero attached hydrogens (tertiary/aromatic N) is 2. The van der Waals surface area contributed by atoms with Crippen LogP contribution >= 0.6 is 0 Å². The van der Waals surface area contributed by atoms with Crippen molar-refractivity contribution in [3.63, 3.8) is 0 Å². The standard InChI is InChI=1S/C15H22N2O2/c1-11-8-17(15(10-18)9-16(11)3)14-6-4-5-13(7-14)12(2)19/h4-7,11,15,18H,8-10H2,1-3H3. The molecule has 2 atom stereocenters. The van der Waals surface area contributed by atoms with Gasteiger partial charge in [-0.1, -0.05) is 12.1 Å². The van der Waals surface area contributed by atoms with E-state index in [9.17, 15) is 9.90 Å². The molecule has 1 aromatic carbocycles. The predicted octanol–water partition coefficient (Wildman–Crippen LogP) is 1.39. The van der Waals surface area contributed by atoms with Crippen molar-refractivity contribution in [3.8, 4) is 0 Å². The molecular weight excluding hydrogens is 240 g/mol. The van der Waals surface area contributed by atoms with Crippen LogP contribution < -0.4 is 4.90 Å². The van der Waals surface area contributed by atoms with Gasteiger partial charge in [-0.25, -0.2) is 0 Å². The molecule has 1 saturated heterocycles. The summed E-state index contributed by atoms with van der Waals surface area (Å²) in [6.45, 7) is 5.58. The van der Waals surface area contributed by atoms with Crippen molar-refractivity contribution < 1.29 is 9.90 Å². The first-order valence-corrected chi connectivity index (χ1v) is 6.71. The summed E-state index contributed by atoms with van der Waals surface area (Å²) in [5, 5.41) is 9.57. The van der Waals surface area contributed by atoms with Crippen LogP contribution in [0.25, 0.3) is 0 Å². The fourth-order valence-corrected chi connectivity index (χ4v) is 2.56. The highest BCUT2D eigenvalue weighted by Gasteiger charge is 2.29. The monoisotopic (exact) mass is 262 g/mol. The van der Waals surface area contributed by atoms with Crippen LogP contribution in [-0.2, 0) is 0 Å². The largest absolute Gasteiger partial charge is 0.394 e. The lowest BCUT2D eigenvalue weighted by Crippen LogP contribution is -2.57. The summed E-state index contributed by atoms with van der Waals surface area (Å²) in [7, 11) is 2.08. The second-order valence-electron chi connectivity index (χ2n) is 5.38. The van der Waals surface area contributed by atoms with E-state index < -0.39 is 0 Å². The van der Waals surface area contributed by atoms with Gasteiger partial charge >= 0.3 is 0 Å². The van der Waals surface area contributed by atoms with E-state index in [-0.39, 0.29) is 18.4 Å². The summed E-state index contributed by atoms with van der Waals surface area (Å²) in [5.41, 5.74) is 1.74. The fraction of sp³-hybridized carbons (Fsp3) is 0.533. The third-order valence-corrected chi connectivity index (χ3v) is 3.95. The minimum atomic E-state index is 0.0737. The number of ketones is 1. The minimum Gasteiger partial charge on any atom is -0.394 e. The summed E-state index contributed by atoms with van der Waals surface area (Å²) in [5.74, 6) is 0.0737. The summed E-state index contributed by atoms with van der Waals surface area (Å²) in [6, 6.07) is 8.19. The molecule has 1 aliphatic rings. The van der Waals surface area contributed by atoms with Crippen molar-refractivity contribution in [3.05, 3.63) is 29.8 Å². The molecule has 0 amide bonds. The summed E-state index contributed by atoms with van der Waals surface area (Å²) >= 11 is 0. The average molecular weight is 262 g/mol. The van der Waals surface area contributed by atoms with Crippen LogP contribution in [0, 0.1) is 0 Å². The number of hydrogen-bond donors (Lipinski definition) is 1. The molecule has 0 radical (unpaired) electrons. The number of likely N-dealkylation sites (N-methyl/N-ethyl adjacent to an activating group) is 1. The molecule has 0 spiro atoms. The summed E-state index contributed by atoms with van der Waals surface area (Å²) in [4.78, 5) is 15.9. The van der Waals surface area contributed by atoms with Gasteiger partial charge in [-0.2, -0.15) is 0 Å². The van der Waals surface area contributed by atoms with E-state index in [1.165, 1.54) is 0 Å². The molecular formula is C15H22N2O2. The summed E-state index contributed by atoms with van der Waals surface area (Å²) < 4.78 is 0. The number of piperazine rings is 1. The number of hydrogen-bond acceptors (Lipinski definition) is 4. The molecule has 1 aliphatic heterocycles. The molecule has 2 rings (SSSR count). The van der Waals surface area contributed by atoms with Crippen LogP contribution in [0.5, 0.6) is 0 Å². The van der Waals surface area contributed by atoms with Gasteiger partial charge in [-0.3, -0.25) is 9.69 Å². The Morgan fingerprint density at radius 3 is 2.79 bits per heavy atom. The van der Waals surface area contributed by atoms with E-state index in [0.717, 1.165) is 24.3 Å². The summed E-state index contributed by atoms with van der Waals surface area (Å²) in [6.07, 6.45) is 0. The highest BCUT2D eigenvalue weighted by molar-refractivity contribution is 5.95. The maximum atomic E-state index is 11.5. The van der Waals surface area contributed by atoms with Crippen molar-refractivity contribution in [1.29, 1.82) is 0 Å². The minimum absolute atomic E-state index is 0.0737. The smallest absolute Gasteiger partial charge is 0.159 e. The third-order valence-electron chi connectivity index (χ3n) is 3.95. The Hall–Kier alpha value is -1.39. The number of rotatable bonds is 3. The van der Waals surface area contributed by atoms with Crippen molar-refractivity contribution in [2.45, 2.75) is 25.9 Å². The lowest BCUT2D eigenvalue weighted by atomic mass is 10.1. The quantitative estimate of drug-likeness (QED) is 0.836. The van der Waals surface area contributed by atoms with Crippen LogP contribution in [-0.4, -0.2) is 54.6 Å². The van der Waals surface area contributed by atoms with Crippen LogP contribution in [0.2, 0.25) is 0 Å². The zero-order chi connectivity index (χ0) is 14.0. The number of carbonyl (C=O) groups is 1. The molecule has 4 heteroatoms. The van der Waals surface area contributed by atoms with E-state index in [2.05, 4.69) is 23.8 Å². The predicted molar refractivity (Wildman–Crippen MR) is 76.8 cm³/mol. The van der Waals surface area contributed by atoms with E-state index in [1.807, 2.05) is 24.3 Å². The maximum absolute atomic E-state index is 11.5. The zero-order valence-electron chi connectivity index (χ0n) is 11.8. The fourth-order valence-electron chi connectivity index (χ4n) is 2.56. The molecule has 1 heterocycles. The Morgan fingerprint density at radius 1 is 1.42 bits per heavy atom. The lowest BCUT2D eigenvalue weighted by molar-refractivity contribution is 0.101. The Morgan fingerprint density at radius 2 is 2.16 bits per heavy atom. The molecule has 0 bridgehead atoms. The van der Waals surface area contributed by atoms with E-state index in [4.69, 9.17) is 0 Å². The Kier molecular flexibility index (Phi) is 4.22. The number of Topliss-reactive ketones (excluding diaryl/α,β-unsaturated/α-hetero) is 1. The number of aliphatic hydroxyl groups excluding tert-OH is 1. The van der Waals surface area contributed by atoms with Gasteiger partial charge in [0.25, 0.3) is 0 Å². The number of aliphatic hydroxyl groups is 1. The molecule has 1 fully saturated rings. The molecule has 0 aliphatic carbocycles. The van der Waals surface area contributed by atoms with Gasteiger partial charge in [-0.15, -0.1) is 0 Å². The Labute approximate surface area is 114 Å². The van der Waals surface area contributed by atoms with Gasteiger partial charge in [0, 0.05) is 30.4 Å². The first kappa shape index (κ1) is 14.0. The first-order valence-electron chi connectivity index (χ1n) is 6.71. The van der Waals surface area contributed by atoms with Gasteiger partial charge in [0.15, 0.2) is 5.78 Å². The molecule has 0 aromatic heterocycles. The van der Waals surface area contributed by atoms with Crippen LogP contribution in [0.4, 0.5) is 5.69 Å². The van der Waals surface area contributed by atoms with Gasteiger partial charge in [0.05, 0.1) is 12.6 Å². The number of anilines is 1. The SMILES string of the molecule is CC(=O)c1cccc(N2CC(C)N(C)CC2CO)c1. The molecule has 4 nitrogen and oxygen atoms in total. The van der Waals surface area contributed by atoms with Crippen molar-refractivity contribution in [1.82, 2.24) is 4.90 Å². The van der Waals surface area contributed by atoms with Crippen LogP contribution in [0.1, 0.15) is 24.2 Å². The third kappa shape index (κ3) is 2.96. The van der Waals surface area contributed by atoms with E-state index in [0.29, 0.717) is 6.04 Å². The number of carbonyl (C=O) groups excluding carboxylic acids is 1. The van der Waals surface area contributed by atoms with Crippen molar-refractivity contribution in [2.75, 3.05) is 31.6 Å². The van der Waals surface area contributed by atoms with Crippen LogP contribution in [0.3, 0.4) is 0 Å². The molecule has 104 valence electrons. The highest BCUT2D eigenvalue weighted by Crippen LogP contribution is 2.23. The first-order chi connectivity index (χ1) is 9.02. The zero-order valence-corrected chi connectivity index (χ0v) is 11.8. The highest BCUT2D eigenvalue weighted by atomic mass is 16.3. The van der Waals surface area contributed by atoms with Gasteiger partial charge in [0.2, 0.25) is 0 Å². The van der Waals surface area contributed by atoms with Crippen molar-refractivity contribution >= 4 is 11.5 Å². The number of benzene rings is 1.